The van der Waals surface area contributed by atoms with Gasteiger partial charge < -0.3 is 5.73 Å². The van der Waals surface area contributed by atoms with Gasteiger partial charge in [-0.05, 0) is 50.3 Å². The molecule has 1 saturated carbocycles. The predicted molar refractivity (Wildman–Crippen MR) is 78.9 cm³/mol. The SMILES string of the molecule is CCCN(CC1CC1)S(=O)(=O)c1ccc(CCN)s1. The number of nitrogens with two attached hydrogens (primary N) is 1. The van der Waals surface area contributed by atoms with E-state index in [-0.39, 0.29) is 0 Å². The van der Waals surface area contributed by atoms with E-state index in [9.17, 15) is 8.42 Å². The normalized spacial score (nSPS) is 16.2. The molecule has 0 bridgehead atoms. The third kappa shape index (κ3) is 3.78. The maximum absolute atomic E-state index is 12.6. The van der Waals surface area contributed by atoms with Gasteiger partial charge in [-0.25, -0.2) is 8.42 Å². The highest BCUT2D eigenvalue weighted by atomic mass is 32.2. The predicted octanol–water partition coefficient (Wildman–Crippen LogP) is 2.06. The van der Waals surface area contributed by atoms with Gasteiger partial charge in [0.25, 0.3) is 10.0 Å². The lowest BCUT2D eigenvalue weighted by Crippen LogP contribution is -2.33. The quantitative estimate of drug-likeness (QED) is 0.799. The molecule has 1 aromatic heterocycles. The third-order valence-corrected chi connectivity index (χ3v) is 6.73. The van der Waals surface area contributed by atoms with Crippen LogP contribution in [0.15, 0.2) is 16.3 Å². The van der Waals surface area contributed by atoms with Crippen LogP contribution in [-0.4, -0.2) is 32.4 Å². The fourth-order valence-corrected chi connectivity index (χ4v) is 5.18. The Kier molecular flexibility index (Phi) is 5.00. The smallest absolute Gasteiger partial charge is 0.252 e. The van der Waals surface area contributed by atoms with E-state index in [0.717, 1.165) is 17.7 Å². The van der Waals surface area contributed by atoms with E-state index < -0.39 is 10.0 Å². The van der Waals surface area contributed by atoms with Crippen molar-refractivity contribution in [3.63, 3.8) is 0 Å². The molecule has 19 heavy (non-hydrogen) atoms. The summed E-state index contributed by atoms with van der Waals surface area (Å²) in [7, 11) is -3.30. The molecule has 2 rings (SSSR count). The summed E-state index contributed by atoms with van der Waals surface area (Å²) in [6, 6.07) is 3.60. The molecule has 1 fully saturated rings. The molecule has 0 amide bonds. The van der Waals surface area contributed by atoms with Crippen molar-refractivity contribution in [2.24, 2.45) is 11.7 Å². The molecule has 0 aliphatic heterocycles. The molecule has 0 spiro atoms. The van der Waals surface area contributed by atoms with E-state index in [0.29, 0.717) is 29.8 Å². The van der Waals surface area contributed by atoms with Gasteiger partial charge in [-0.15, -0.1) is 11.3 Å². The minimum Gasteiger partial charge on any atom is -0.330 e. The van der Waals surface area contributed by atoms with E-state index in [1.54, 1.807) is 10.4 Å². The van der Waals surface area contributed by atoms with Gasteiger partial charge in [0.2, 0.25) is 0 Å². The van der Waals surface area contributed by atoms with E-state index >= 15 is 0 Å². The topological polar surface area (TPSA) is 63.4 Å². The van der Waals surface area contributed by atoms with Crippen LogP contribution in [0.5, 0.6) is 0 Å². The summed E-state index contributed by atoms with van der Waals surface area (Å²) >= 11 is 1.36. The number of nitrogens with zero attached hydrogens (tertiary/aromatic N) is 1. The molecular weight excluding hydrogens is 280 g/mol. The first-order chi connectivity index (χ1) is 9.07. The van der Waals surface area contributed by atoms with Crippen LogP contribution in [0.2, 0.25) is 0 Å². The maximum Gasteiger partial charge on any atom is 0.252 e. The highest BCUT2D eigenvalue weighted by molar-refractivity contribution is 7.91. The number of hydrogen-bond donors (Lipinski definition) is 1. The van der Waals surface area contributed by atoms with Crippen molar-refractivity contribution in [3.05, 3.63) is 17.0 Å². The molecule has 0 aromatic carbocycles. The van der Waals surface area contributed by atoms with Crippen LogP contribution >= 0.6 is 11.3 Å². The first-order valence-corrected chi connectivity index (χ1v) is 9.12. The summed E-state index contributed by atoms with van der Waals surface area (Å²) in [5, 5.41) is 0. The minimum absolute atomic E-state index is 0.463. The summed E-state index contributed by atoms with van der Waals surface area (Å²) in [5.74, 6) is 0.574. The Morgan fingerprint density at radius 2 is 2.16 bits per heavy atom. The van der Waals surface area contributed by atoms with E-state index in [1.807, 2.05) is 13.0 Å². The second-order valence-corrected chi connectivity index (χ2v) is 8.40. The van der Waals surface area contributed by atoms with E-state index in [4.69, 9.17) is 5.73 Å². The van der Waals surface area contributed by atoms with Gasteiger partial charge in [0.1, 0.15) is 4.21 Å². The first kappa shape index (κ1) is 15.0. The minimum atomic E-state index is -3.30. The molecule has 2 N–H and O–H groups in total. The van der Waals surface area contributed by atoms with Crippen LogP contribution in [0.1, 0.15) is 31.1 Å². The molecule has 1 aliphatic rings. The summed E-state index contributed by atoms with van der Waals surface area (Å²) in [5.41, 5.74) is 5.51. The van der Waals surface area contributed by atoms with Crippen molar-refractivity contribution in [1.82, 2.24) is 4.31 Å². The summed E-state index contributed by atoms with van der Waals surface area (Å²) in [6.45, 7) is 3.87. The molecule has 0 saturated heterocycles. The summed E-state index contributed by atoms with van der Waals surface area (Å²) in [6.07, 6.45) is 3.93. The lowest BCUT2D eigenvalue weighted by atomic mass is 10.3. The molecule has 108 valence electrons. The summed E-state index contributed by atoms with van der Waals surface area (Å²) in [4.78, 5) is 1.05. The second kappa shape index (κ2) is 6.35. The van der Waals surface area contributed by atoms with Crippen LogP contribution in [0.3, 0.4) is 0 Å². The molecule has 1 aromatic rings. The average molecular weight is 302 g/mol. The Balaban J connectivity index is 2.16. The number of hydrogen-bond acceptors (Lipinski definition) is 4. The molecule has 0 radical (unpaired) electrons. The Morgan fingerprint density at radius 3 is 2.74 bits per heavy atom. The zero-order valence-electron chi connectivity index (χ0n) is 11.3. The van der Waals surface area contributed by atoms with Crippen molar-refractivity contribution in [1.29, 1.82) is 0 Å². The van der Waals surface area contributed by atoms with E-state index in [1.165, 1.54) is 24.2 Å². The largest absolute Gasteiger partial charge is 0.330 e. The average Bonchev–Trinajstić information content (AvgIpc) is 3.05. The first-order valence-electron chi connectivity index (χ1n) is 6.87. The third-order valence-electron chi connectivity index (χ3n) is 3.25. The molecule has 1 aliphatic carbocycles. The Hall–Kier alpha value is -0.430. The van der Waals surface area contributed by atoms with Crippen molar-refractivity contribution in [2.45, 2.75) is 36.8 Å². The van der Waals surface area contributed by atoms with Crippen LogP contribution < -0.4 is 5.73 Å². The Labute approximate surface area is 119 Å². The van der Waals surface area contributed by atoms with Gasteiger partial charge >= 0.3 is 0 Å². The van der Waals surface area contributed by atoms with Crippen LogP contribution in [0.25, 0.3) is 0 Å². The number of thiophene rings is 1. The van der Waals surface area contributed by atoms with Crippen molar-refractivity contribution >= 4 is 21.4 Å². The van der Waals surface area contributed by atoms with E-state index in [2.05, 4.69) is 0 Å². The highest BCUT2D eigenvalue weighted by Crippen LogP contribution is 2.33. The van der Waals surface area contributed by atoms with Gasteiger partial charge in [-0.1, -0.05) is 6.92 Å². The lowest BCUT2D eigenvalue weighted by molar-refractivity contribution is 0.397. The van der Waals surface area contributed by atoms with Gasteiger partial charge in [0.05, 0.1) is 0 Å². The fraction of sp³-hybridized carbons (Fsp3) is 0.692. The standard InChI is InChI=1S/C13H22N2O2S2/c1-2-9-15(10-11-3-4-11)19(16,17)13-6-5-12(18-13)7-8-14/h5-6,11H,2-4,7-10,14H2,1H3. The molecule has 1 heterocycles. The monoisotopic (exact) mass is 302 g/mol. The molecule has 6 heteroatoms. The van der Waals surface area contributed by atoms with Gasteiger partial charge in [0, 0.05) is 18.0 Å². The molecule has 4 nitrogen and oxygen atoms in total. The number of sulfonamides is 1. The zero-order valence-corrected chi connectivity index (χ0v) is 13.0. The highest BCUT2D eigenvalue weighted by Gasteiger charge is 2.31. The van der Waals surface area contributed by atoms with Gasteiger partial charge in [-0.3, -0.25) is 0 Å². The van der Waals surface area contributed by atoms with Crippen LogP contribution in [0, 0.1) is 5.92 Å². The second-order valence-electron chi connectivity index (χ2n) is 5.07. The summed E-state index contributed by atoms with van der Waals surface area (Å²) < 4.78 is 27.3. The van der Waals surface area contributed by atoms with Crippen molar-refractivity contribution in [2.75, 3.05) is 19.6 Å². The van der Waals surface area contributed by atoms with Gasteiger partial charge in [-0.2, -0.15) is 4.31 Å². The molecule has 0 atom stereocenters. The Bertz CT molecular complexity index is 506. The molecule has 0 unspecified atom stereocenters. The van der Waals surface area contributed by atoms with Crippen LogP contribution in [0.4, 0.5) is 0 Å². The maximum atomic E-state index is 12.6. The van der Waals surface area contributed by atoms with Crippen molar-refractivity contribution in [3.8, 4) is 0 Å². The molecular formula is C13H22N2O2S2. The van der Waals surface area contributed by atoms with Crippen LogP contribution in [-0.2, 0) is 16.4 Å². The van der Waals surface area contributed by atoms with Crippen molar-refractivity contribution < 1.29 is 8.42 Å². The fourth-order valence-electron chi connectivity index (χ4n) is 2.05. The lowest BCUT2D eigenvalue weighted by Gasteiger charge is -2.20. The zero-order chi connectivity index (χ0) is 13.9. The van der Waals surface area contributed by atoms with Gasteiger partial charge in [0.15, 0.2) is 0 Å². The number of rotatable bonds is 8. The Morgan fingerprint density at radius 1 is 1.42 bits per heavy atom.